The van der Waals surface area contributed by atoms with Crippen molar-refractivity contribution in [2.45, 2.75) is 6.42 Å². The van der Waals surface area contributed by atoms with Gasteiger partial charge in [0.25, 0.3) is 0 Å². The van der Waals surface area contributed by atoms with E-state index in [1.54, 1.807) is 24.1 Å². The fourth-order valence-electron chi connectivity index (χ4n) is 2.11. The topological polar surface area (TPSA) is 78.7 Å². The molecule has 1 aromatic rings. The van der Waals surface area contributed by atoms with Gasteiger partial charge in [-0.2, -0.15) is 0 Å². The maximum absolute atomic E-state index is 12.2. The minimum absolute atomic E-state index is 0.00382. The lowest BCUT2D eigenvalue weighted by atomic mass is 10.2. The summed E-state index contributed by atoms with van der Waals surface area (Å²) in [5.41, 5.74) is 7.12. The first kappa shape index (κ1) is 14.3. The summed E-state index contributed by atoms with van der Waals surface area (Å²) in [5, 5.41) is 2.80. The van der Waals surface area contributed by atoms with Crippen molar-refractivity contribution in [1.82, 2.24) is 10.2 Å². The van der Waals surface area contributed by atoms with Crippen molar-refractivity contribution >= 4 is 23.2 Å². The van der Waals surface area contributed by atoms with E-state index in [-0.39, 0.29) is 11.8 Å². The Balaban J connectivity index is 1.93. The first-order valence-electron chi connectivity index (χ1n) is 6.67. The smallest absolute Gasteiger partial charge is 0.240 e. The van der Waals surface area contributed by atoms with Crippen LogP contribution in [0, 0.1) is 0 Å². The summed E-state index contributed by atoms with van der Waals surface area (Å²) in [4.78, 5) is 27.1. The van der Waals surface area contributed by atoms with Crippen LogP contribution < -0.4 is 16.0 Å². The van der Waals surface area contributed by atoms with E-state index in [0.29, 0.717) is 38.3 Å². The monoisotopic (exact) mass is 276 g/mol. The summed E-state index contributed by atoms with van der Waals surface area (Å²) in [6.45, 7) is 2.23. The van der Waals surface area contributed by atoms with Gasteiger partial charge >= 0.3 is 0 Å². The summed E-state index contributed by atoms with van der Waals surface area (Å²) in [5.74, 6) is 0.0518. The molecule has 6 nitrogen and oxygen atoms in total. The van der Waals surface area contributed by atoms with E-state index >= 15 is 0 Å². The van der Waals surface area contributed by atoms with Crippen LogP contribution in [-0.2, 0) is 9.59 Å². The highest BCUT2D eigenvalue weighted by molar-refractivity contribution is 5.94. The molecule has 0 atom stereocenters. The van der Waals surface area contributed by atoms with Crippen molar-refractivity contribution in [2.75, 3.05) is 43.9 Å². The normalized spacial score (nSPS) is 16.4. The van der Waals surface area contributed by atoms with Gasteiger partial charge in [0, 0.05) is 44.5 Å². The highest BCUT2D eigenvalue weighted by Crippen LogP contribution is 2.15. The Bertz CT molecular complexity index is 486. The van der Waals surface area contributed by atoms with Crippen molar-refractivity contribution in [3.63, 3.8) is 0 Å². The summed E-state index contributed by atoms with van der Waals surface area (Å²) < 4.78 is 0. The summed E-state index contributed by atoms with van der Waals surface area (Å²) in [6.07, 6.45) is 0.443. The molecule has 1 aliphatic heterocycles. The molecule has 0 unspecified atom stereocenters. The molecule has 1 fully saturated rings. The molecular formula is C14H20N4O2. The van der Waals surface area contributed by atoms with E-state index in [0.717, 1.165) is 5.69 Å². The number of hydrogen-bond acceptors (Lipinski definition) is 4. The Labute approximate surface area is 118 Å². The second-order valence-corrected chi connectivity index (χ2v) is 4.92. The molecule has 0 radical (unpaired) electrons. The van der Waals surface area contributed by atoms with Crippen LogP contribution in [0.5, 0.6) is 0 Å². The molecule has 6 heteroatoms. The van der Waals surface area contributed by atoms with E-state index < -0.39 is 0 Å². The molecule has 1 saturated heterocycles. The molecule has 0 saturated carbocycles. The number of nitrogens with one attached hydrogen (secondary N) is 1. The standard InChI is InChI=1S/C14H20N4O2/c1-17(12-4-2-11(15)3-5-12)14(20)10-18-8-6-13(19)16-7-9-18/h2-5H,6-10,15H2,1H3,(H,16,19). The zero-order valence-corrected chi connectivity index (χ0v) is 11.6. The number of benzene rings is 1. The average Bonchev–Trinajstić information content (AvgIpc) is 2.64. The quantitative estimate of drug-likeness (QED) is 0.765. The number of likely N-dealkylation sites (N-methyl/N-ethyl adjacent to an activating group) is 1. The fourth-order valence-corrected chi connectivity index (χ4v) is 2.11. The fraction of sp³-hybridized carbons (Fsp3) is 0.429. The number of carbonyl (C=O) groups is 2. The molecule has 0 spiro atoms. The molecule has 108 valence electrons. The maximum Gasteiger partial charge on any atom is 0.240 e. The molecule has 0 aliphatic carbocycles. The number of hydrogen-bond donors (Lipinski definition) is 2. The molecule has 3 N–H and O–H groups in total. The number of nitrogens with two attached hydrogens (primary N) is 1. The highest BCUT2D eigenvalue weighted by atomic mass is 16.2. The Morgan fingerprint density at radius 1 is 1.35 bits per heavy atom. The van der Waals surface area contributed by atoms with Crippen LogP contribution in [0.3, 0.4) is 0 Å². The molecule has 20 heavy (non-hydrogen) atoms. The van der Waals surface area contributed by atoms with Gasteiger partial charge in [0.1, 0.15) is 0 Å². The van der Waals surface area contributed by atoms with Crippen molar-refractivity contribution in [3.8, 4) is 0 Å². The lowest BCUT2D eigenvalue weighted by molar-refractivity contribution is -0.121. The van der Waals surface area contributed by atoms with Crippen LogP contribution in [0.4, 0.5) is 11.4 Å². The Kier molecular flexibility index (Phi) is 4.57. The molecule has 1 aliphatic rings. The molecule has 2 rings (SSSR count). The van der Waals surface area contributed by atoms with Gasteiger partial charge in [-0.1, -0.05) is 0 Å². The molecule has 0 bridgehead atoms. The molecular weight excluding hydrogens is 256 g/mol. The zero-order valence-electron chi connectivity index (χ0n) is 11.6. The SMILES string of the molecule is CN(C(=O)CN1CCNC(=O)CC1)c1ccc(N)cc1. The molecule has 1 heterocycles. The van der Waals surface area contributed by atoms with Gasteiger partial charge < -0.3 is 16.0 Å². The van der Waals surface area contributed by atoms with Crippen molar-refractivity contribution in [1.29, 1.82) is 0 Å². The Morgan fingerprint density at radius 2 is 2.05 bits per heavy atom. The first-order chi connectivity index (χ1) is 9.56. The predicted octanol–water partition coefficient (Wildman–Crippen LogP) is 0.0535. The minimum atomic E-state index is 0.00382. The van der Waals surface area contributed by atoms with Gasteiger partial charge in [-0.15, -0.1) is 0 Å². The lowest BCUT2D eigenvalue weighted by Crippen LogP contribution is -2.39. The number of nitrogens with zero attached hydrogens (tertiary/aromatic N) is 2. The number of carbonyl (C=O) groups excluding carboxylic acids is 2. The maximum atomic E-state index is 12.2. The second-order valence-electron chi connectivity index (χ2n) is 4.92. The third-order valence-electron chi connectivity index (χ3n) is 3.42. The number of rotatable bonds is 3. The minimum Gasteiger partial charge on any atom is -0.399 e. The molecule has 2 amide bonds. The number of amides is 2. The van der Waals surface area contributed by atoms with Gasteiger partial charge in [0.15, 0.2) is 0 Å². The van der Waals surface area contributed by atoms with Gasteiger partial charge in [-0.25, -0.2) is 0 Å². The zero-order chi connectivity index (χ0) is 14.5. The van der Waals surface area contributed by atoms with Crippen LogP contribution in [0.2, 0.25) is 0 Å². The van der Waals surface area contributed by atoms with E-state index in [2.05, 4.69) is 5.32 Å². The van der Waals surface area contributed by atoms with Gasteiger partial charge in [-0.3, -0.25) is 14.5 Å². The molecule has 1 aromatic carbocycles. The third-order valence-corrected chi connectivity index (χ3v) is 3.42. The Hall–Kier alpha value is -2.08. The van der Waals surface area contributed by atoms with Crippen molar-refractivity contribution in [2.24, 2.45) is 0 Å². The number of nitrogen functional groups attached to an aromatic ring is 1. The van der Waals surface area contributed by atoms with E-state index in [9.17, 15) is 9.59 Å². The first-order valence-corrected chi connectivity index (χ1v) is 6.67. The van der Waals surface area contributed by atoms with Crippen LogP contribution in [0.25, 0.3) is 0 Å². The van der Waals surface area contributed by atoms with E-state index in [4.69, 9.17) is 5.73 Å². The number of anilines is 2. The third kappa shape index (κ3) is 3.71. The highest BCUT2D eigenvalue weighted by Gasteiger charge is 2.18. The Morgan fingerprint density at radius 3 is 2.75 bits per heavy atom. The summed E-state index contributed by atoms with van der Waals surface area (Å²) in [6, 6.07) is 7.18. The van der Waals surface area contributed by atoms with Crippen LogP contribution >= 0.6 is 0 Å². The largest absolute Gasteiger partial charge is 0.399 e. The van der Waals surface area contributed by atoms with Gasteiger partial charge in [0.2, 0.25) is 11.8 Å². The second kappa shape index (κ2) is 6.38. The molecule has 0 aromatic heterocycles. The summed E-state index contributed by atoms with van der Waals surface area (Å²) in [7, 11) is 1.75. The average molecular weight is 276 g/mol. The van der Waals surface area contributed by atoms with Crippen LogP contribution in [-0.4, -0.2) is 49.9 Å². The van der Waals surface area contributed by atoms with Crippen molar-refractivity contribution < 1.29 is 9.59 Å². The van der Waals surface area contributed by atoms with Gasteiger partial charge in [0.05, 0.1) is 6.54 Å². The summed E-state index contributed by atoms with van der Waals surface area (Å²) >= 11 is 0. The van der Waals surface area contributed by atoms with E-state index in [1.165, 1.54) is 0 Å². The van der Waals surface area contributed by atoms with Crippen molar-refractivity contribution in [3.05, 3.63) is 24.3 Å². The van der Waals surface area contributed by atoms with Gasteiger partial charge in [-0.05, 0) is 24.3 Å². The lowest BCUT2D eigenvalue weighted by Gasteiger charge is -2.23. The van der Waals surface area contributed by atoms with Crippen LogP contribution in [0.15, 0.2) is 24.3 Å². The predicted molar refractivity (Wildman–Crippen MR) is 78.3 cm³/mol. The van der Waals surface area contributed by atoms with Crippen LogP contribution in [0.1, 0.15) is 6.42 Å². The van der Waals surface area contributed by atoms with E-state index in [1.807, 2.05) is 17.0 Å².